The van der Waals surface area contributed by atoms with Gasteiger partial charge in [-0.2, -0.15) is 23.5 Å². The van der Waals surface area contributed by atoms with Crippen LogP contribution in [-0.2, 0) is 18.1 Å². The van der Waals surface area contributed by atoms with Crippen molar-refractivity contribution in [1.82, 2.24) is 25.5 Å². The van der Waals surface area contributed by atoms with Gasteiger partial charge in [0, 0.05) is 41.0 Å². The SMILES string of the molecule is Cc1nc[nH]c1CSCCNC(C[N+](=O)[O-])NCCSCc1ccc(CN(C)C)o1. The lowest BCUT2D eigenvalue weighted by molar-refractivity contribution is -0.484. The van der Waals surface area contributed by atoms with Crippen molar-refractivity contribution in [3.63, 3.8) is 0 Å². The Bertz CT molecular complexity index is 752. The van der Waals surface area contributed by atoms with E-state index in [-0.39, 0.29) is 17.6 Å². The number of hydrogen-bond acceptors (Lipinski definition) is 9. The molecule has 0 fully saturated rings. The van der Waals surface area contributed by atoms with Crippen molar-refractivity contribution >= 4 is 23.5 Å². The summed E-state index contributed by atoms with van der Waals surface area (Å²) in [5.41, 5.74) is 2.15. The minimum atomic E-state index is -0.328. The summed E-state index contributed by atoms with van der Waals surface area (Å²) in [6.45, 7) is 4.04. The summed E-state index contributed by atoms with van der Waals surface area (Å²) in [6, 6.07) is 4.02. The second-order valence-electron chi connectivity index (χ2n) is 7.15. The Hall–Kier alpha value is -1.53. The molecule has 2 heterocycles. The van der Waals surface area contributed by atoms with E-state index >= 15 is 0 Å². The maximum Gasteiger partial charge on any atom is 0.231 e. The number of nitrogens with one attached hydrogen (secondary N) is 3. The summed E-state index contributed by atoms with van der Waals surface area (Å²) in [5, 5.41) is 17.4. The molecule has 0 bridgehead atoms. The van der Waals surface area contributed by atoms with E-state index < -0.39 is 0 Å². The quantitative estimate of drug-likeness (QED) is 0.152. The highest BCUT2D eigenvalue weighted by Crippen LogP contribution is 2.16. The van der Waals surface area contributed by atoms with Crippen LogP contribution >= 0.6 is 23.5 Å². The third-order valence-electron chi connectivity index (χ3n) is 4.22. The Balaban J connectivity index is 1.58. The predicted octanol–water partition coefficient (Wildman–Crippen LogP) is 2.32. The maximum atomic E-state index is 10.9. The Morgan fingerprint density at radius 3 is 2.47 bits per heavy atom. The van der Waals surface area contributed by atoms with Gasteiger partial charge in [-0.05, 0) is 33.2 Å². The van der Waals surface area contributed by atoms with Crippen molar-refractivity contribution < 1.29 is 9.34 Å². The number of aryl methyl sites for hydroxylation is 1. The standard InChI is InChI=1S/C19H32N6O3S2/c1-15-18(23-14-22-15)13-30-9-7-21-19(11-25(26)27)20-6-8-29-12-17-5-4-16(28-17)10-24(2)3/h4-5,14,19-21H,6-13H2,1-3H3,(H,22,23). The van der Waals surface area contributed by atoms with Gasteiger partial charge in [-0.3, -0.25) is 20.7 Å². The molecule has 2 rings (SSSR count). The predicted molar refractivity (Wildman–Crippen MR) is 123 cm³/mol. The summed E-state index contributed by atoms with van der Waals surface area (Å²) in [5.74, 6) is 5.31. The van der Waals surface area contributed by atoms with Crippen molar-refractivity contribution in [2.45, 2.75) is 31.1 Å². The van der Waals surface area contributed by atoms with E-state index in [1.807, 2.05) is 33.2 Å². The highest BCUT2D eigenvalue weighted by molar-refractivity contribution is 7.98. The summed E-state index contributed by atoms with van der Waals surface area (Å²) in [4.78, 5) is 20.0. The van der Waals surface area contributed by atoms with Crippen molar-refractivity contribution in [1.29, 1.82) is 0 Å². The second kappa shape index (κ2) is 13.7. The van der Waals surface area contributed by atoms with Gasteiger partial charge in [-0.1, -0.05) is 0 Å². The Morgan fingerprint density at radius 2 is 1.87 bits per heavy atom. The van der Waals surface area contributed by atoms with Crippen molar-refractivity contribution in [3.05, 3.63) is 51.5 Å². The third-order valence-corrected chi connectivity index (χ3v) is 6.19. The van der Waals surface area contributed by atoms with Gasteiger partial charge >= 0.3 is 0 Å². The molecule has 0 amide bonds. The Labute approximate surface area is 186 Å². The van der Waals surface area contributed by atoms with Crippen LogP contribution in [0.15, 0.2) is 22.9 Å². The molecule has 3 N–H and O–H groups in total. The lowest BCUT2D eigenvalue weighted by Gasteiger charge is -2.16. The molecule has 0 spiro atoms. The molecule has 9 nitrogen and oxygen atoms in total. The number of aromatic amines is 1. The molecular weight excluding hydrogens is 424 g/mol. The summed E-state index contributed by atoms with van der Waals surface area (Å²) < 4.78 is 5.79. The first-order valence-electron chi connectivity index (χ1n) is 9.89. The average molecular weight is 457 g/mol. The maximum absolute atomic E-state index is 10.9. The lowest BCUT2D eigenvalue weighted by Crippen LogP contribution is -2.48. The fourth-order valence-corrected chi connectivity index (χ4v) is 4.41. The van der Waals surface area contributed by atoms with E-state index in [0.717, 1.165) is 52.5 Å². The molecule has 168 valence electrons. The van der Waals surface area contributed by atoms with Gasteiger partial charge in [-0.15, -0.1) is 0 Å². The van der Waals surface area contributed by atoms with Crippen LogP contribution in [0.5, 0.6) is 0 Å². The monoisotopic (exact) mass is 456 g/mol. The molecule has 2 aromatic rings. The van der Waals surface area contributed by atoms with Gasteiger partial charge in [0.25, 0.3) is 0 Å². The topological polar surface area (TPSA) is 112 Å². The van der Waals surface area contributed by atoms with Gasteiger partial charge in [-0.25, -0.2) is 4.98 Å². The van der Waals surface area contributed by atoms with Crippen LogP contribution in [0.1, 0.15) is 22.9 Å². The summed E-state index contributed by atoms with van der Waals surface area (Å²) >= 11 is 3.52. The zero-order valence-electron chi connectivity index (χ0n) is 17.8. The molecule has 0 radical (unpaired) electrons. The molecule has 1 unspecified atom stereocenters. The average Bonchev–Trinajstić information content (AvgIpc) is 3.28. The van der Waals surface area contributed by atoms with Gasteiger partial charge < -0.3 is 14.3 Å². The van der Waals surface area contributed by atoms with Gasteiger partial charge in [0.2, 0.25) is 6.54 Å². The highest BCUT2D eigenvalue weighted by Gasteiger charge is 2.13. The molecule has 1 atom stereocenters. The second-order valence-corrected chi connectivity index (χ2v) is 9.36. The molecule has 0 aliphatic rings. The zero-order chi connectivity index (χ0) is 21.8. The molecular formula is C19H32N6O3S2. The molecule has 0 aliphatic heterocycles. The number of thioether (sulfide) groups is 2. The minimum absolute atomic E-state index is 0.138. The number of hydrogen-bond donors (Lipinski definition) is 3. The fourth-order valence-electron chi connectivity index (χ4n) is 2.74. The third kappa shape index (κ3) is 9.98. The molecule has 2 aromatic heterocycles. The van der Waals surface area contributed by atoms with Crippen LogP contribution in [0.4, 0.5) is 0 Å². The van der Waals surface area contributed by atoms with E-state index in [1.165, 1.54) is 0 Å². The first-order chi connectivity index (χ1) is 14.4. The fraction of sp³-hybridized carbons (Fsp3) is 0.632. The molecule has 0 saturated carbocycles. The molecule has 30 heavy (non-hydrogen) atoms. The normalized spacial score (nSPS) is 12.5. The van der Waals surface area contributed by atoms with Crippen LogP contribution in [0, 0.1) is 17.0 Å². The number of furan rings is 1. The summed E-state index contributed by atoms with van der Waals surface area (Å²) in [7, 11) is 4.02. The van der Waals surface area contributed by atoms with Crippen LogP contribution in [-0.4, -0.2) is 71.2 Å². The Morgan fingerprint density at radius 1 is 1.20 bits per heavy atom. The van der Waals surface area contributed by atoms with Gasteiger partial charge in [0.05, 0.1) is 24.3 Å². The van der Waals surface area contributed by atoms with Crippen molar-refractivity contribution in [2.24, 2.45) is 0 Å². The number of rotatable bonds is 16. The van der Waals surface area contributed by atoms with Crippen LogP contribution < -0.4 is 10.6 Å². The number of nitro groups is 1. The lowest BCUT2D eigenvalue weighted by atomic mass is 10.4. The molecule has 0 aliphatic carbocycles. The highest BCUT2D eigenvalue weighted by atomic mass is 32.2. The first kappa shape index (κ1) is 24.7. The van der Waals surface area contributed by atoms with Crippen molar-refractivity contribution in [3.8, 4) is 0 Å². The smallest absolute Gasteiger partial charge is 0.231 e. The van der Waals surface area contributed by atoms with Gasteiger partial charge in [0.1, 0.15) is 17.7 Å². The molecule has 0 aromatic carbocycles. The number of nitrogens with zero attached hydrogens (tertiary/aromatic N) is 3. The van der Waals surface area contributed by atoms with E-state index in [2.05, 4.69) is 25.5 Å². The van der Waals surface area contributed by atoms with Crippen LogP contribution in [0.2, 0.25) is 0 Å². The van der Waals surface area contributed by atoms with Crippen LogP contribution in [0.25, 0.3) is 0 Å². The summed E-state index contributed by atoms with van der Waals surface area (Å²) in [6.07, 6.45) is 1.37. The number of H-pyrrole nitrogens is 1. The van der Waals surface area contributed by atoms with Crippen molar-refractivity contribution in [2.75, 3.05) is 45.2 Å². The number of imidazole rings is 1. The van der Waals surface area contributed by atoms with Crippen LogP contribution in [0.3, 0.4) is 0 Å². The largest absolute Gasteiger partial charge is 0.464 e. The first-order valence-corrected chi connectivity index (χ1v) is 12.2. The number of aromatic nitrogens is 2. The van der Waals surface area contributed by atoms with Gasteiger partial charge in [0.15, 0.2) is 0 Å². The van der Waals surface area contributed by atoms with E-state index in [1.54, 1.807) is 29.9 Å². The van der Waals surface area contributed by atoms with E-state index in [9.17, 15) is 10.1 Å². The Kier molecular flexibility index (Phi) is 11.3. The minimum Gasteiger partial charge on any atom is -0.464 e. The zero-order valence-corrected chi connectivity index (χ0v) is 19.5. The molecule has 11 heteroatoms. The van der Waals surface area contributed by atoms with E-state index in [0.29, 0.717) is 13.1 Å². The van der Waals surface area contributed by atoms with E-state index in [4.69, 9.17) is 4.42 Å². The molecule has 0 saturated heterocycles.